The second kappa shape index (κ2) is 7.02. The van der Waals surface area contributed by atoms with E-state index < -0.39 is 0 Å². The highest BCUT2D eigenvalue weighted by Crippen LogP contribution is 2.16. The van der Waals surface area contributed by atoms with Crippen molar-refractivity contribution in [2.45, 2.75) is 13.5 Å². The molecule has 0 aliphatic rings. The van der Waals surface area contributed by atoms with Crippen LogP contribution >= 0.6 is 11.3 Å². The number of pyridine rings is 1. The first-order valence-electron chi connectivity index (χ1n) is 6.44. The number of carbonyl (C=O) groups excluding carboxylic acids is 1. The number of aryl methyl sites for hydroxylation is 1. The first-order valence-corrected chi connectivity index (χ1v) is 7.32. The number of aromatic nitrogens is 1. The van der Waals surface area contributed by atoms with Gasteiger partial charge in [-0.2, -0.15) is 0 Å². The minimum Gasteiger partial charge on any atom is -0.384 e. The average Bonchev–Trinajstić information content (AvgIpc) is 2.91. The Labute approximate surface area is 128 Å². The molecule has 21 heavy (non-hydrogen) atoms. The molecular formula is C16H16N2O2S. The van der Waals surface area contributed by atoms with Crippen molar-refractivity contribution >= 4 is 17.2 Å². The van der Waals surface area contributed by atoms with E-state index in [-0.39, 0.29) is 12.5 Å². The summed E-state index contributed by atoms with van der Waals surface area (Å²) in [7, 11) is 1.77. The van der Waals surface area contributed by atoms with E-state index in [9.17, 15) is 4.79 Å². The van der Waals surface area contributed by atoms with E-state index in [0.29, 0.717) is 12.1 Å². The van der Waals surface area contributed by atoms with Crippen LogP contribution in [-0.2, 0) is 6.54 Å². The number of thiophene rings is 1. The molecule has 2 heterocycles. The molecule has 0 spiro atoms. The number of carbonyl (C=O) groups is 1. The van der Waals surface area contributed by atoms with Gasteiger partial charge in [-0.15, -0.1) is 11.3 Å². The monoisotopic (exact) mass is 300 g/mol. The number of nitrogens with zero attached hydrogens (tertiary/aromatic N) is 2. The highest BCUT2D eigenvalue weighted by molar-refractivity contribution is 7.10. The van der Waals surface area contributed by atoms with Crippen LogP contribution in [0.2, 0.25) is 0 Å². The lowest BCUT2D eigenvalue weighted by molar-refractivity contribution is 0.0784. The van der Waals surface area contributed by atoms with E-state index in [1.165, 1.54) is 11.3 Å². The van der Waals surface area contributed by atoms with Gasteiger partial charge >= 0.3 is 0 Å². The van der Waals surface area contributed by atoms with Crippen molar-refractivity contribution in [3.63, 3.8) is 0 Å². The van der Waals surface area contributed by atoms with Crippen molar-refractivity contribution in [3.8, 4) is 11.8 Å². The van der Waals surface area contributed by atoms with Gasteiger partial charge in [0.1, 0.15) is 6.61 Å². The zero-order chi connectivity index (χ0) is 15.2. The van der Waals surface area contributed by atoms with Gasteiger partial charge in [-0.1, -0.05) is 11.8 Å². The summed E-state index contributed by atoms with van der Waals surface area (Å²) in [6.45, 7) is 2.28. The number of amides is 1. The summed E-state index contributed by atoms with van der Waals surface area (Å²) >= 11 is 1.51. The molecule has 0 radical (unpaired) electrons. The third-order valence-electron chi connectivity index (χ3n) is 2.83. The Morgan fingerprint density at radius 3 is 2.95 bits per heavy atom. The predicted octanol–water partition coefficient (Wildman–Crippen LogP) is 2.07. The topological polar surface area (TPSA) is 53.4 Å². The molecule has 4 nitrogen and oxygen atoms in total. The summed E-state index contributed by atoms with van der Waals surface area (Å²) < 4.78 is 0. The highest BCUT2D eigenvalue weighted by Gasteiger charge is 2.13. The molecule has 0 saturated heterocycles. The lowest BCUT2D eigenvalue weighted by Gasteiger charge is -2.16. The van der Waals surface area contributed by atoms with Gasteiger partial charge in [-0.3, -0.25) is 9.78 Å². The van der Waals surface area contributed by atoms with Crippen molar-refractivity contribution in [2.24, 2.45) is 0 Å². The Kier molecular flexibility index (Phi) is 5.09. The van der Waals surface area contributed by atoms with Crippen LogP contribution in [0.25, 0.3) is 0 Å². The SMILES string of the molecule is Cc1cncc(C(=O)N(C)Cc2csc(C#CCO)c2)c1. The van der Waals surface area contributed by atoms with Crippen LogP contribution in [0.4, 0.5) is 0 Å². The van der Waals surface area contributed by atoms with E-state index in [0.717, 1.165) is 16.0 Å². The number of hydrogen-bond donors (Lipinski definition) is 1. The van der Waals surface area contributed by atoms with Crippen molar-refractivity contribution in [3.05, 3.63) is 51.5 Å². The first kappa shape index (κ1) is 15.2. The normalized spacial score (nSPS) is 9.86. The van der Waals surface area contributed by atoms with E-state index in [1.54, 1.807) is 24.3 Å². The summed E-state index contributed by atoms with van der Waals surface area (Å²) in [6, 6.07) is 3.77. The molecule has 2 aromatic rings. The molecule has 1 N–H and O–H groups in total. The van der Waals surface area contributed by atoms with Gasteiger partial charge in [0.25, 0.3) is 5.91 Å². The largest absolute Gasteiger partial charge is 0.384 e. The Morgan fingerprint density at radius 1 is 1.43 bits per heavy atom. The highest BCUT2D eigenvalue weighted by atomic mass is 32.1. The molecule has 0 aromatic carbocycles. The van der Waals surface area contributed by atoms with Crippen LogP contribution in [-0.4, -0.2) is 34.6 Å². The van der Waals surface area contributed by atoms with Crippen molar-refractivity contribution in [1.82, 2.24) is 9.88 Å². The molecule has 0 unspecified atom stereocenters. The lowest BCUT2D eigenvalue weighted by atomic mass is 10.2. The predicted molar refractivity (Wildman–Crippen MR) is 83.1 cm³/mol. The van der Waals surface area contributed by atoms with Crippen molar-refractivity contribution < 1.29 is 9.90 Å². The molecule has 0 saturated carbocycles. The molecule has 1 amide bonds. The van der Waals surface area contributed by atoms with Crippen LogP contribution in [0.1, 0.15) is 26.4 Å². The summed E-state index contributed by atoms with van der Waals surface area (Å²) in [5, 5.41) is 10.6. The van der Waals surface area contributed by atoms with E-state index >= 15 is 0 Å². The van der Waals surface area contributed by atoms with Crippen molar-refractivity contribution in [2.75, 3.05) is 13.7 Å². The van der Waals surface area contributed by atoms with E-state index in [1.807, 2.05) is 24.4 Å². The van der Waals surface area contributed by atoms with Gasteiger partial charge in [0.15, 0.2) is 0 Å². The molecule has 2 aromatic heterocycles. The molecule has 0 bridgehead atoms. The Balaban J connectivity index is 2.05. The maximum atomic E-state index is 12.3. The maximum absolute atomic E-state index is 12.3. The summed E-state index contributed by atoms with van der Waals surface area (Å²) in [5.41, 5.74) is 2.58. The number of aliphatic hydroxyl groups is 1. The second-order valence-electron chi connectivity index (χ2n) is 4.69. The van der Waals surface area contributed by atoms with Gasteiger partial charge in [0.2, 0.25) is 0 Å². The Morgan fingerprint density at radius 2 is 2.24 bits per heavy atom. The van der Waals surface area contributed by atoms with Gasteiger partial charge in [0, 0.05) is 26.0 Å². The fraction of sp³-hybridized carbons (Fsp3) is 0.250. The zero-order valence-electron chi connectivity index (χ0n) is 12.0. The molecule has 0 atom stereocenters. The molecule has 108 valence electrons. The third-order valence-corrected chi connectivity index (χ3v) is 3.73. The minimum absolute atomic E-state index is 0.0552. The Hall–Kier alpha value is -2.16. The number of aliphatic hydroxyl groups excluding tert-OH is 1. The molecule has 5 heteroatoms. The summed E-state index contributed by atoms with van der Waals surface area (Å²) in [6.07, 6.45) is 3.30. The first-order chi connectivity index (χ1) is 10.1. The molecule has 0 aliphatic heterocycles. The van der Waals surface area contributed by atoms with E-state index in [4.69, 9.17) is 5.11 Å². The van der Waals surface area contributed by atoms with E-state index in [2.05, 4.69) is 16.8 Å². The standard InChI is InChI=1S/C16H16N2O2S/c1-12-6-14(9-17-8-12)16(20)18(2)10-13-7-15(21-11-13)4-3-5-19/h6-9,11,19H,5,10H2,1-2H3. The second-order valence-corrected chi connectivity index (χ2v) is 5.60. The van der Waals surface area contributed by atoms with Gasteiger partial charge in [-0.05, 0) is 35.6 Å². The third kappa shape index (κ3) is 4.15. The van der Waals surface area contributed by atoms with Gasteiger partial charge in [-0.25, -0.2) is 0 Å². The number of hydrogen-bond acceptors (Lipinski definition) is 4. The summed E-state index contributed by atoms with van der Waals surface area (Å²) in [5.74, 6) is 5.42. The van der Waals surface area contributed by atoms with Crippen LogP contribution in [0.15, 0.2) is 29.9 Å². The average molecular weight is 300 g/mol. The van der Waals surface area contributed by atoms with Crippen LogP contribution in [0.3, 0.4) is 0 Å². The summed E-state index contributed by atoms with van der Waals surface area (Å²) in [4.78, 5) is 18.9. The molecule has 0 fully saturated rings. The fourth-order valence-electron chi connectivity index (χ4n) is 1.89. The molecule has 2 rings (SSSR count). The van der Waals surface area contributed by atoms with Gasteiger partial charge in [0.05, 0.1) is 10.4 Å². The van der Waals surface area contributed by atoms with Crippen molar-refractivity contribution in [1.29, 1.82) is 0 Å². The van der Waals surface area contributed by atoms with Crippen LogP contribution in [0.5, 0.6) is 0 Å². The number of rotatable bonds is 3. The zero-order valence-corrected chi connectivity index (χ0v) is 12.8. The Bertz CT molecular complexity index is 698. The maximum Gasteiger partial charge on any atom is 0.255 e. The molecule has 0 aliphatic carbocycles. The van der Waals surface area contributed by atoms with Gasteiger partial charge < -0.3 is 10.0 Å². The van der Waals surface area contributed by atoms with Crippen LogP contribution < -0.4 is 0 Å². The lowest BCUT2D eigenvalue weighted by Crippen LogP contribution is -2.26. The smallest absolute Gasteiger partial charge is 0.255 e. The molecular weight excluding hydrogens is 284 g/mol. The quantitative estimate of drug-likeness (QED) is 0.883. The minimum atomic E-state index is -0.147. The fourth-order valence-corrected chi connectivity index (χ4v) is 2.66. The van der Waals surface area contributed by atoms with Crippen LogP contribution in [0, 0.1) is 18.8 Å².